The highest BCUT2D eigenvalue weighted by Crippen LogP contribution is 2.32. The summed E-state index contributed by atoms with van der Waals surface area (Å²) in [5.41, 5.74) is 5.91. The lowest BCUT2D eigenvalue weighted by Crippen LogP contribution is -2.10. The fourth-order valence-electron chi connectivity index (χ4n) is 2.89. The summed E-state index contributed by atoms with van der Waals surface area (Å²) < 4.78 is 5.38. The van der Waals surface area contributed by atoms with E-state index in [1.807, 2.05) is 12.4 Å². The van der Waals surface area contributed by atoms with Gasteiger partial charge in [0.2, 0.25) is 5.88 Å². The third-order valence-electron chi connectivity index (χ3n) is 4.28. The Labute approximate surface area is 135 Å². The smallest absolute Gasteiger partial charge is 0.219 e. The number of methoxy groups -OCH3 is 1. The number of hydrogen-bond acceptors (Lipinski definition) is 4. The number of nitrogens with one attached hydrogen (secondary N) is 1. The van der Waals surface area contributed by atoms with Gasteiger partial charge in [-0.15, -0.1) is 0 Å². The molecule has 0 spiro atoms. The van der Waals surface area contributed by atoms with E-state index in [0.29, 0.717) is 5.88 Å². The van der Waals surface area contributed by atoms with E-state index in [4.69, 9.17) is 4.74 Å². The molecule has 1 atom stereocenters. The Kier molecular flexibility index (Phi) is 4.37. The van der Waals surface area contributed by atoms with Crippen molar-refractivity contribution >= 4 is 0 Å². The maximum absolute atomic E-state index is 5.38. The highest BCUT2D eigenvalue weighted by atomic mass is 16.5. The van der Waals surface area contributed by atoms with Gasteiger partial charge in [-0.2, -0.15) is 0 Å². The molecule has 5 nitrogen and oxygen atoms in total. The maximum Gasteiger partial charge on any atom is 0.219 e. The molecule has 0 amide bonds. The second kappa shape index (κ2) is 6.60. The third-order valence-corrected chi connectivity index (χ3v) is 4.28. The van der Waals surface area contributed by atoms with Gasteiger partial charge in [0.15, 0.2) is 0 Å². The number of H-pyrrole nitrogens is 1. The lowest BCUT2D eigenvalue weighted by Gasteiger charge is -2.20. The van der Waals surface area contributed by atoms with E-state index in [9.17, 15) is 0 Å². The SMILES string of the molecule is COc1ncncc1CC(c1cnc[nH]1)c1cccc(C)c1C. The zero-order chi connectivity index (χ0) is 16.2. The number of imidazole rings is 1. The van der Waals surface area contributed by atoms with E-state index in [1.165, 1.54) is 23.0 Å². The van der Waals surface area contributed by atoms with Gasteiger partial charge in [-0.05, 0) is 37.0 Å². The summed E-state index contributed by atoms with van der Waals surface area (Å²) in [6.07, 6.45) is 7.66. The van der Waals surface area contributed by atoms with Gasteiger partial charge in [-0.3, -0.25) is 0 Å². The summed E-state index contributed by atoms with van der Waals surface area (Å²) in [7, 11) is 1.63. The lowest BCUT2D eigenvalue weighted by molar-refractivity contribution is 0.390. The second-order valence-electron chi connectivity index (χ2n) is 5.61. The van der Waals surface area contributed by atoms with E-state index in [2.05, 4.69) is 52.0 Å². The van der Waals surface area contributed by atoms with Gasteiger partial charge < -0.3 is 9.72 Å². The number of aromatic nitrogens is 4. The molecule has 23 heavy (non-hydrogen) atoms. The molecular weight excluding hydrogens is 288 g/mol. The first-order chi connectivity index (χ1) is 11.2. The van der Waals surface area contributed by atoms with Crippen LogP contribution in [0.4, 0.5) is 0 Å². The number of rotatable bonds is 5. The fourth-order valence-corrected chi connectivity index (χ4v) is 2.89. The molecule has 5 heteroatoms. The quantitative estimate of drug-likeness (QED) is 0.786. The van der Waals surface area contributed by atoms with Crippen molar-refractivity contribution in [1.29, 1.82) is 0 Å². The minimum atomic E-state index is 0.150. The van der Waals surface area contributed by atoms with Crippen molar-refractivity contribution in [3.05, 3.63) is 71.2 Å². The van der Waals surface area contributed by atoms with Crippen LogP contribution >= 0.6 is 0 Å². The van der Waals surface area contributed by atoms with Crippen LogP contribution in [-0.2, 0) is 6.42 Å². The maximum atomic E-state index is 5.38. The minimum Gasteiger partial charge on any atom is -0.481 e. The van der Waals surface area contributed by atoms with Crippen LogP contribution in [-0.4, -0.2) is 27.0 Å². The summed E-state index contributed by atoms with van der Waals surface area (Å²) in [6.45, 7) is 4.29. The summed E-state index contributed by atoms with van der Waals surface area (Å²) in [5, 5.41) is 0. The van der Waals surface area contributed by atoms with Gasteiger partial charge in [-0.25, -0.2) is 15.0 Å². The van der Waals surface area contributed by atoms with Crippen molar-refractivity contribution in [3.8, 4) is 5.88 Å². The predicted octanol–water partition coefficient (Wildman–Crippen LogP) is 3.20. The van der Waals surface area contributed by atoms with Crippen molar-refractivity contribution < 1.29 is 4.74 Å². The van der Waals surface area contributed by atoms with Gasteiger partial charge in [-0.1, -0.05) is 18.2 Å². The molecule has 118 valence electrons. The number of aromatic amines is 1. The zero-order valence-corrected chi connectivity index (χ0v) is 13.6. The third kappa shape index (κ3) is 3.08. The topological polar surface area (TPSA) is 63.7 Å². The van der Waals surface area contributed by atoms with Crippen LogP contribution in [0, 0.1) is 13.8 Å². The highest BCUT2D eigenvalue weighted by Gasteiger charge is 2.21. The van der Waals surface area contributed by atoms with Gasteiger partial charge in [0.25, 0.3) is 0 Å². The molecule has 0 aliphatic carbocycles. The van der Waals surface area contributed by atoms with Crippen LogP contribution in [0.5, 0.6) is 5.88 Å². The van der Waals surface area contributed by atoms with E-state index in [1.54, 1.807) is 13.4 Å². The molecule has 3 rings (SSSR count). The summed E-state index contributed by atoms with van der Waals surface area (Å²) in [4.78, 5) is 15.8. The summed E-state index contributed by atoms with van der Waals surface area (Å²) in [6, 6.07) is 6.40. The molecule has 0 saturated heterocycles. The van der Waals surface area contributed by atoms with Crippen LogP contribution in [0.15, 0.2) is 43.2 Å². The Morgan fingerprint density at radius 1 is 1.17 bits per heavy atom. The molecule has 0 aliphatic rings. The van der Waals surface area contributed by atoms with Gasteiger partial charge in [0.1, 0.15) is 6.33 Å². The van der Waals surface area contributed by atoms with Crippen molar-refractivity contribution in [3.63, 3.8) is 0 Å². The van der Waals surface area contributed by atoms with Gasteiger partial charge in [0, 0.05) is 29.6 Å². The average molecular weight is 308 g/mol. The number of ether oxygens (including phenoxy) is 1. The average Bonchev–Trinajstić information content (AvgIpc) is 3.10. The van der Waals surface area contributed by atoms with E-state index < -0.39 is 0 Å². The van der Waals surface area contributed by atoms with Crippen LogP contribution in [0.2, 0.25) is 0 Å². The molecule has 2 heterocycles. The normalized spacial score (nSPS) is 12.1. The molecule has 0 bridgehead atoms. The summed E-state index contributed by atoms with van der Waals surface area (Å²) in [5.74, 6) is 0.770. The molecule has 0 saturated carbocycles. The fraction of sp³-hybridized carbons (Fsp3) is 0.278. The molecule has 0 radical (unpaired) electrons. The van der Waals surface area contributed by atoms with Crippen LogP contribution in [0.25, 0.3) is 0 Å². The van der Waals surface area contributed by atoms with Crippen molar-refractivity contribution in [2.75, 3.05) is 7.11 Å². The molecule has 2 aromatic heterocycles. The molecule has 1 unspecified atom stereocenters. The number of nitrogens with zero attached hydrogens (tertiary/aromatic N) is 3. The first-order valence-electron chi connectivity index (χ1n) is 7.58. The Balaban J connectivity index is 2.05. The van der Waals surface area contributed by atoms with Crippen LogP contribution < -0.4 is 4.74 Å². The van der Waals surface area contributed by atoms with E-state index in [0.717, 1.165) is 17.7 Å². The first kappa shape index (κ1) is 15.2. The van der Waals surface area contributed by atoms with Crippen molar-refractivity contribution in [2.24, 2.45) is 0 Å². The molecule has 1 N–H and O–H groups in total. The van der Waals surface area contributed by atoms with Crippen molar-refractivity contribution in [1.82, 2.24) is 19.9 Å². The monoisotopic (exact) mass is 308 g/mol. The predicted molar refractivity (Wildman–Crippen MR) is 88.6 cm³/mol. The Hall–Kier alpha value is -2.69. The number of aryl methyl sites for hydroxylation is 1. The van der Waals surface area contributed by atoms with Crippen molar-refractivity contribution in [2.45, 2.75) is 26.2 Å². The molecule has 1 aromatic carbocycles. The molecular formula is C18H20N4O. The van der Waals surface area contributed by atoms with E-state index >= 15 is 0 Å². The van der Waals surface area contributed by atoms with Crippen LogP contribution in [0.1, 0.15) is 33.9 Å². The largest absolute Gasteiger partial charge is 0.481 e. The second-order valence-corrected chi connectivity index (χ2v) is 5.61. The van der Waals surface area contributed by atoms with E-state index in [-0.39, 0.29) is 5.92 Å². The number of hydrogen-bond donors (Lipinski definition) is 1. The summed E-state index contributed by atoms with van der Waals surface area (Å²) >= 11 is 0. The van der Waals surface area contributed by atoms with Gasteiger partial charge >= 0.3 is 0 Å². The Bertz CT molecular complexity index is 783. The minimum absolute atomic E-state index is 0.150. The first-order valence-corrected chi connectivity index (χ1v) is 7.58. The lowest BCUT2D eigenvalue weighted by atomic mass is 9.86. The highest BCUT2D eigenvalue weighted by molar-refractivity contribution is 5.41. The number of benzene rings is 1. The molecule has 3 aromatic rings. The molecule has 0 aliphatic heterocycles. The Morgan fingerprint density at radius 2 is 2.04 bits per heavy atom. The van der Waals surface area contributed by atoms with Crippen LogP contribution in [0.3, 0.4) is 0 Å². The zero-order valence-electron chi connectivity index (χ0n) is 13.6. The molecule has 0 fully saturated rings. The van der Waals surface area contributed by atoms with Gasteiger partial charge in [0.05, 0.1) is 13.4 Å². The Morgan fingerprint density at radius 3 is 2.78 bits per heavy atom. The standard InChI is InChI=1S/C18H20N4O/c1-12-5-4-6-15(13(12)2)16(17-9-20-10-21-17)7-14-8-19-11-22-18(14)23-3/h4-6,8-11,16H,7H2,1-3H3,(H,20,21).